The summed E-state index contributed by atoms with van der Waals surface area (Å²) in [6.07, 6.45) is 0. The van der Waals surface area contributed by atoms with Crippen LogP contribution >= 0.6 is 35.4 Å². The number of phenols is 1. The molecule has 1 heterocycles. The summed E-state index contributed by atoms with van der Waals surface area (Å²) in [5.41, 5.74) is 2.27. The lowest BCUT2D eigenvalue weighted by Crippen LogP contribution is -2.48. The highest BCUT2D eigenvalue weighted by molar-refractivity contribution is 7.80. The van der Waals surface area contributed by atoms with E-state index >= 15 is 0 Å². The molecule has 0 unspecified atom stereocenters. The van der Waals surface area contributed by atoms with Crippen LogP contribution in [0, 0.1) is 0 Å². The molecule has 9 heteroatoms. The van der Waals surface area contributed by atoms with Crippen LogP contribution in [-0.4, -0.2) is 30.4 Å². The Morgan fingerprint density at radius 2 is 1.86 bits per heavy atom. The van der Waals surface area contributed by atoms with Crippen LogP contribution in [0.4, 0.5) is 5.69 Å². The van der Waals surface area contributed by atoms with Crippen LogP contribution in [0.1, 0.15) is 18.5 Å². The van der Waals surface area contributed by atoms with Gasteiger partial charge in [0.15, 0.2) is 16.6 Å². The second-order valence-corrected chi connectivity index (χ2v) is 7.47. The highest BCUT2D eigenvalue weighted by atomic mass is 35.5. The van der Waals surface area contributed by atoms with Gasteiger partial charge in [0.25, 0.3) is 0 Å². The summed E-state index contributed by atoms with van der Waals surface area (Å²) < 4.78 is 10.2. The molecule has 0 amide bonds. The molecule has 1 atom stereocenters. The Morgan fingerprint density at radius 3 is 2.45 bits per heavy atom. The molecule has 0 spiro atoms. The molecule has 0 aromatic heterocycles. The van der Waals surface area contributed by atoms with Crippen molar-refractivity contribution in [3.05, 3.63) is 63.3 Å². The summed E-state index contributed by atoms with van der Waals surface area (Å²) in [5, 5.41) is 14.3. The highest BCUT2D eigenvalue weighted by Gasteiger charge is 2.36. The van der Waals surface area contributed by atoms with Crippen LogP contribution in [0.3, 0.4) is 0 Å². The number of nitrogens with zero attached hydrogens (tertiary/aromatic N) is 1. The Balaban J connectivity index is 2.17. The molecule has 0 fully saturated rings. The first-order chi connectivity index (χ1) is 13.8. The number of esters is 1. The molecule has 2 aromatic carbocycles. The molecule has 152 valence electrons. The second-order valence-electron chi connectivity index (χ2n) is 6.24. The maximum atomic E-state index is 12.7. The van der Waals surface area contributed by atoms with Gasteiger partial charge in [-0.25, -0.2) is 4.79 Å². The molecule has 1 aliphatic rings. The molecule has 6 nitrogen and oxygen atoms in total. The zero-order chi connectivity index (χ0) is 21.3. The Labute approximate surface area is 183 Å². The van der Waals surface area contributed by atoms with Gasteiger partial charge in [-0.05, 0) is 61.1 Å². The van der Waals surface area contributed by atoms with Crippen LogP contribution < -0.4 is 15.0 Å². The number of benzene rings is 2. The molecule has 0 saturated heterocycles. The smallest absolute Gasteiger partial charge is 0.337 e. The second kappa shape index (κ2) is 8.49. The summed E-state index contributed by atoms with van der Waals surface area (Å²) in [4.78, 5) is 14.4. The number of ether oxygens (including phenoxy) is 2. The third-order valence-corrected chi connectivity index (χ3v) is 5.42. The molecular formula is C20H18Cl2N2O4S. The molecule has 0 aliphatic carbocycles. The van der Waals surface area contributed by atoms with Gasteiger partial charge in [-0.3, -0.25) is 4.90 Å². The van der Waals surface area contributed by atoms with Crippen molar-refractivity contribution in [1.82, 2.24) is 5.32 Å². The minimum atomic E-state index is -0.648. The van der Waals surface area contributed by atoms with E-state index in [1.165, 1.54) is 14.2 Å². The van der Waals surface area contributed by atoms with Crippen LogP contribution in [0.15, 0.2) is 47.7 Å². The number of nitrogens with one attached hydrogen (secondary N) is 1. The zero-order valence-electron chi connectivity index (χ0n) is 15.8. The number of thiocarbonyl (C=S) groups is 1. The topological polar surface area (TPSA) is 71.0 Å². The third-order valence-electron chi connectivity index (χ3n) is 4.58. The van der Waals surface area contributed by atoms with Crippen LogP contribution in [0.25, 0.3) is 0 Å². The van der Waals surface area contributed by atoms with Crippen molar-refractivity contribution >= 4 is 52.2 Å². The first-order valence-corrected chi connectivity index (χ1v) is 9.66. The quantitative estimate of drug-likeness (QED) is 0.518. The molecule has 0 saturated carbocycles. The predicted molar refractivity (Wildman–Crippen MR) is 117 cm³/mol. The summed E-state index contributed by atoms with van der Waals surface area (Å²) >= 11 is 17.7. The first-order valence-electron chi connectivity index (χ1n) is 8.50. The van der Waals surface area contributed by atoms with Crippen molar-refractivity contribution in [3.8, 4) is 11.5 Å². The lowest BCUT2D eigenvalue weighted by Gasteiger charge is -2.37. The van der Waals surface area contributed by atoms with Crippen molar-refractivity contribution < 1.29 is 19.4 Å². The van der Waals surface area contributed by atoms with Gasteiger partial charge >= 0.3 is 5.97 Å². The number of anilines is 1. The van der Waals surface area contributed by atoms with E-state index in [9.17, 15) is 9.90 Å². The van der Waals surface area contributed by atoms with Crippen molar-refractivity contribution in [1.29, 1.82) is 0 Å². The Kier molecular flexibility index (Phi) is 6.21. The van der Waals surface area contributed by atoms with Gasteiger partial charge in [0.2, 0.25) is 0 Å². The van der Waals surface area contributed by atoms with Crippen molar-refractivity contribution in [3.63, 3.8) is 0 Å². The van der Waals surface area contributed by atoms with Crippen molar-refractivity contribution in [2.75, 3.05) is 19.1 Å². The van der Waals surface area contributed by atoms with E-state index in [0.717, 1.165) is 5.69 Å². The Hall–Kier alpha value is -2.48. The summed E-state index contributed by atoms with van der Waals surface area (Å²) in [6, 6.07) is 9.57. The number of halogens is 2. The zero-order valence-corrected chi connectivity index (χ0v) is 18.2. The third kappa shape index (κ3) is 3.99. The SMILES string of the molecule is COC(=O)C1=C(C)N(c2ccc(Cl)cc2)C(=S)N[C@@H]1c1cc(Cl)c(O)c(OC)c1. The number of carbonyl (C=O) groups is 1. The van der Waals surface area contributed by atoms with E-state index in [0.29, 0.717) is 27.0 Å². The number of phenolic OH excluding ortho intramolecular Hbond substituents is 1. The number of aromatic hydroxyl groups is 1. The maximum Gasteiger partial charge on any atom is 0.337 e. The highest BCUT2D eigenvalue weighted by Crippen LogP contribution is 2.40. The molecule has 29 heavy (non-hydrogen) atoms. The molecule has 0 bridgehead atoms. The fourth-order valence-electron chi connectivity index (χ4n) is 3.18. The van der Waals surface area contributed by atoms with E-state index < -0.39 is 12.0 Å². The molecular weight excluding hydrogens is 435 g/mol. The fraction of sp³-hybridized carbons (Fsp3) is 0.200. The standard InChI is InChI=1S/C20H18Cl2N2O4S/c1-10-16(19(26)28-3)17(11-8-14(22)18(25)15(9-11)27-2)23-20(29)24(10)13-6-4-12(21)5-7-13/h4-9,17,25H,1-3H3,(H,23,29)/t17-/m1/s1. The van der Waals surface area contributed by atoms with E-state index in [2.05, 4.69) is 5.32 Å². The van der Waals surface area contributed by atoms with Crippen LogP contribution in [0.2, 0.25) is 10.0 Å². The predicted octanol–water partition coefficient (Wildman–Crippen LogP) is 4.59. The van der Waals surface area contributed by atoms with Gasteiger partial charge < -0.3 is 19.9 Å². The van der Waals surface area contributed by atoms with Crippen LogP contribution in [0.5, 0.6) is 11.5 Å². The maximum absolute atomic E-state index is 12.7. The number of hydrogen-bond donors (Lipinski definition) is 2. The van der Waals surface area contributed by atoms with Gasteiger partial charge in [-0.15, -0.1) is 0 Å². The molecule has 3 rings (SSSR count). The largest absolute Gasteiger partial charge is 0.503 e. The van der Waals surface area contributed by atoms with Crippen molar-refractivity contribution in [2.45, 2.75) is 13.0 Å². The number of rotatable bonds is 4. The molecule has 1 aliphatic heterocycles. The number of methoxy groups -OCH3 is 2. The first kappa shape index (κ1) is 21.2. The van der Waals surface area contributed by atoms with Gasteiger partial charge in [0.05, 0.1) is 30.9 Å². The average Bonchev–Trinajstić information content (AvgIpc) is 2.70. The average molecular weight is 453 g/mol. The fourth-order valence-corrected chi connectivity index (χ4v) is 3.89. The van der Waals surface area contributed by atoms with E-state index in [1.807, 2.05) is 0 Å². The van der Waals surface area contributed by atoms with Crippen LogP contribution in [-0.2, 0) is 9.53 Å². The minimum absolute atomic E-state index is 0.0917. The monoisotopic (exact) mass is 452 g/mol. The van der Waals surface area contributed by atoms with Gasteiger partial charge in [0.1, 0.15) is 0 Å². The van der Waals surface area contributed by atoms with E-state index in [1.54, 1.807) is 48.2 Å². The summed E-state index contributed by atoms with van der Waals surface area (Å²) in [6.45, 7) is 1.78. The molecule has 2 N–H and O–H groups in total. The number of hydrogen-bond acceptors (Lipinski definition) is 5. The Bertz CT molecular complexity index is 1010. The van der Waals surface area contributed by atoms with Crippen molar-refractivity contribution in [2.24, 2.45) is 0 Å². The van der Waals surface area contributed by atoms with E-state index in [-0.39, 0.29) is 16.5 Å². The summed E-state index contributed by atoms with van der Waals surface area (Å²) in [7, 11) is 2.72. The lowest BCUT2D eigenvalue weighted by atomic mass is 9.94. The number of allylic oxidation sites excluding steroid dienone is 1. The molecule has 2 aromatic rings. The Morgan fingerprint density at radius 1 is 1.21 bits per heavy atom. The lowest BCUT2D eigenvalue weighted by molar-refractivity contribution is -0.136. The van der Waals surface area contributed by atoms with Gasteiger partial charge in [0, 0.05) is 16.4 Å². The van der Waals surface area contributed by atoms with E-state index in [4.69, 9.17) is 44.9 Å². The normalized spacial score (nSPS) is 16.5. The summed E-state index contributed by atoms with van der Waals surface area (Å²) in [5.74, 6) is -0.522. The van der Waals surface area contributed by atoms with Gasteiger partial charge in [-0.1, -0.05) is 23.2 Å². The number of carbonyl (C=O) groups excluding carboxylic acids is 1. The van der Waals surface area contributed by atoms with Gasteiger partial charge in [-0.2, -0.15) is 0 Å². The molecule has 0 radical (unpaired) electrons. The minimum Gasteiger partial charge on any atom is -0.503 e.